The molecule has 1 aliphatic carbocycles. The highest BCUT2D eigenvalue weighted by molar-refractivity contribution is 9.10. The maximum absolute atomic E-state index is 12.7. The summed E-state index contributed by atoms with van der Waals surface area (Å²) in [5.74, 6) is -1.85. The second-order valence-corrected chi connectivity index (χ2v) is 9.02. The molecule has 2 amide bonds. The third-order valence-electron chi connectivity index (χ3n) is 5.72. The summed E-state index contributed by atoms with van der Waals surface area (Å²) >= 11 is 3.32. The Balaban J connectivity index is 1.43. The van der Waals surface area contributed by atoms with Gasteiger partial charge in [0.2, 0.25) is 0 Å². The number of carbonyl (C=O) groups excluding carboxylic acids is 2. The molecule has 0 bridgehead atoms. The highest BCUT2D eigenvalue weighted by Gasteiger charge is 2.29. The lowest BCUT2D eigenvalue weighted by molar-refractivity contribution is -0.139. The smallest absolute Gasteiger partial charge is 0.411 e. The number of aliphatic carboxylic acids is 1. The van der Waals surface area contributed by atoms with Crippen molar-refractivity contribution in [1.29, 1.82) is 0 Å². The minimum atomic E-state index is -1.23. The fraction of sp³-hybridized carbons (Fsp3) is 0.192. The number of carbonyl (C=O) groups is 3. The van der Waals surface area contributed by atoms with Gasteiger partial charge in [0.1, 0.15) is 6.61 Å². The van der Waals surface area contributed by atoms with Gasteiger partial charge in [-0.3, -0.25) is 14.9 Å². The molecule has 0 saturated heterocycles. The van der Waals surface area contributed by atoms with Crippen LogP contribution in [-0.4, -0.2) is 47.4 Å². The van der Waals surface area contributed by atoms with Crippen LogP contribution in [0.15, 0.2) is 71.2 Å². The zero-order valence-corrected chi connectivity index (χ0v) is 20.1. The molecule has 1 aliphatic rings. The van der Waals surface area contributed by atoms with Crippen molar-refractivity contribution in [2.45, 2.75) is 18.4 Å². The molecule has 35 heavy (non-hydrogen) atoms. The van der Waals surface area contributed by atoms with Gasteiger partial charge in [0.15, 0.2) is 0 Å². The highest BCUT2D eigenvalue weighted by Crippen LogP contribution is 2.44. The van der Waals surface area contributed by atoms with Crippen molar-refractivity contribution in [2.75, 3.05) is 18.5 Å². The number of rotatable bonds is 8. The van der Waals surface area contributed by atoms with Gasteiger partial charge in [-0.1, -0.05) is 64.5 Å². The van der Waals surface area contributed by atoms with E-state index < -0.39 is 30.5 Å². The Bertz CT molecular complexity index is 1230. The predicted octanol–water partition coefficient (Wildman–Crippen LogP) is 4.38. The number of carboxylic acids is 1. The largest absolute Gasteiger partial charge is 0.481 e. The van der Waals surface area contributed by atoms with E-state index in [1.807, 2.05) is 48.5 Å². The van der Waals surface area contributed by atoms with E-state index in [1.54, 1.807) is 12.1 Å². The van der Waals surface area contributed by atoms with Crippen LogP contribution >= 0.6 is 15.9 Å². The summed E-state index contributed by atoms with van der Waals surface area (Å²) < 4.78 is 6.19. The van der Waals surface area contributed by atoms with E-state index in [2.05, 4.69) is 26.6 Å². The number of nitrogens with one attached hydrogen (secondary N) is 2. The molecule has 0 radical (unpaired) electrons. The first kappa shape index (κ1) is 24.4. The molecule has 0 saturated carbocycles. The lowest BCUT2D eigenvalue weighted by atomic mass is 9.98. The molecule has 3 aromatic rings. The van der Waals surface area contributed by atoms with Gasteiger partial charge >= 0.3 is 12.1 Å². The summed E-state index contributed by atoms with van der Waals surface area (Å²) in [5.41, 5.74) is 4.76. The third kappa shape index (κ3) is 5.70. The number of carboxylic acid groups (broad SMARTS) is 1. The maximum atomic E-state index is 12.7. The average Bonchev–Trinajstić information content (AvgIpc) is 3.15. The normalized spacial score (nSPS) is 12.9. The molecule has 0 aromatic heterocycles. The number of aliphatic hydroxyl groups is 1. The van der Waals surface area contributed by atoms with Crippen molar-refractivity contribution >= 4 is 39.6 Å². The minimum absolute atomic E-state index is 0.103. The molecule has 0 heterocycles. The van der Waals surface area contributed by atoms with Crippen LogP contribution in [0.5, 0.6) is 0 Å². The topological polar surface area (TPSA) is 125 Å². The van der Waals surface area contributed by atoms with Crippen molar-refractivity contribution in [3.05, 3.63) is 87.9 Å². The van der Waals surface area contributed by atoms with Crippen molar-refractivity contribution in [1.82, 2.24) is 5.32 Å². The molecule has 4 rings (SSSR count). The molecule has 0 spiro atoms. The Kier molecular flexibility index (Phi) is 7.48. The Labute approximate surface area is 210 Å². The predicted molar refractivity (Wildman–Crippen MR) is 133 cm³/mol. The summed E-state index contributed by atoms with van der Waals surface area (Å²) in [6.07, 6.45) is -2.44. The highest BCUT2D eigenvalue weighted by atomic mass is 79.9. The van der Waals surface area contributed by atoms with Crippen LogP contribution < -0.4 is 10.6 Å². The molecule has 1 unspecified atom stereocenters. The van der Waals surface area contributed by atoms with Crippen LogP contribution in [0.4, 0.5) is 10.5 Å². The molecule has 3 aromatic carbocycles. The van der Waals surface area contributed by atoms with Gasteiger partial charge in [-0.15, -0.1) is 0 Å². The van der Waals surface area contributed by atoms with Crippen LogP contribution in [0, 0.1) is 0 Å². The zero-order valence-electron chi connectivity index (χ0n) is 18.5. The quantitative estimate of drug-likeness (QED) is 0.337. The van der Waals surface area contributed by atoms with E-state index in [1.165, 1.54) is 6.07 Å². The summed E-state index contributed by atoms with van der Waals surface area (Å²) in [5, 5.41) is 23.5. The Hall–Kier alpha value is -3.69. The third-order valence-corrected chi connectivity index (χ3v) is 6.21. The fourth-order valence-electron chi connectivity index (χ4n) is 4.14. The molecule has 8 nitrogen and oxygen atoms in total. The van der Waals surface area contributed by atoms with Crippen molar-refractivity contribution in [2.24, 2.45) is 0 Å². The number of halogens is 1. The molecule has 0 fully saturated rings. The molecule has 9 heteroatoms. The summed E-state index contributed by atoms with van der Waals surface area (Å²) in [6, 6.07) is 20.7. The lowest BCUT2D eigenvalue weighted by Crippen LogP contribution is -2.33. The van der Waals surface area contributed by atoms with Crippen molar-refractivity contribution < 1.29 is 29.3 Å². The number of amides is 2. The van der Waals surface area contributed by atoms with E-state index in [4.69, 9.17) is 9.84 Å². The monoisotopic (exact) mass is 538 g/mol. The first-order valence-corrected chi connectivity index (χ1v) is 11.7. The Morgan fingerprint density at radius 2 is 1.60 bits per heavy atom. The second kappa shape index (κ2) is 10.7. The van der Waals surface area contributed by atoms with Crippen LogP contribution in [0.3, 0.4) is 0 Å². The molecule has 0 aliphatic heterocycles. The average molecular weight is 539 g/mol. The number of benzene rings is 3. The van der Waals surface area contributed by atoms with Gasteiger partial charge in [-0.25, -0.2) is 4.79 Å². The van der Waals surface area contributed by atoms with Gasteiger partial charge in [0.25, 0.3) is 5.91 Å². The maximum Gasteiger partial charge on any atom is 0.411 e. The SMILES string of the molecule is O=C(O)CC(O)CNC(=O)c1ccc(Br)cc1NC(=O)OCC1c2ccccc2-c2ccccc21. The van der Waals surface area contributed by atoms with Crippen LogP contribution in [-0.2, 0) is 9.53 Å². The van der Waals surface area contributed by atoms with Crippen molar-refractivity contribution in [3.8, 4) is 11.1 Å². The summed E-state index contributed by atoms with van der Waals surface area (Å²) in [4.78, 5) is 36.0. The first-order valence-electron chi connectivity index (χ1n) is 10.9. The Morgan fingerprint density at radius 1 is 0.971 bits per heavy atom. The Morgan fingerprint density at radius 3 is 2.23 bits per heavy atom. The van der Waals surface area contributed by atoms with Gasteiger partial charge in [0, 0.05) is 16.9 Å². The first-order chi connectivity index (χ1) is 16.8. The van der Waals surface area contributed by atoms with E-state index >= 15 is 0 Å². The van der Waals surface area contributed by atoms with Crippen LogP contribution in [0.2, 0.25) is 0 Å². The number of hydrogen-bond acceptors (Lipinski definition) is 5. The number of anilines is 1. The fourth-order valence-corrected chi connectivity index (χ4v) is 4.50. The van der Waals surface area contributed by atoms with E-state index in [9.17, 15) is 19.5 Å². The van der Waals surface area contributed by atoms with E-state index in [0.29, 0.717) is 4.47 Å². The summed E-state index contributed by atoms with van der Waals surface area (Å²) in [7, 11) is 0. The van der Waals surface area contributed by atoms with Gasteiger partial charge in [-0.05, 0) is 40.5 Å². The lowest BCUT2D eigenvalue weighted by Gasteiger charge is -2.16. The minimum Gasteiger partial charge on any atom is -0.481 e. The van der Waals surface area contributed by atoms with Gasteiger partial charge in [-0.2, -0.15) is 0 Å². The van der Waals surface area contributed by atoms with Gasteiger partial charge in [0.05, 0.1) is 23.8 Å². The molecule has 1 atom stereocenters. The zero-order chi connectivity index (χ0) is 24.9. The number of hydrogen-bond donors (Lipinski definition) is 4. The second-order valence-electron chi connectivity index (χ2n) is 8.10. The molecular weight excluding hydrogens is 516 g/mol. The molecular formula is C26H23BrN2O6. The molecule has 4 N–H and O–H groups in total. The molecule has 180 valence electrons. The standard InChI is InChI=1S/C26H23BrN2O6/c27-15-9-10-21(25(33)28-13-16(30)12-24(31)32)23(11-15)29-26(34)35-14-22-19-7-3-1-5-17(19)18-6-2-4-8-20(18)22/h1-11,16,22,30H,12-14H2,(H,28,33)(H,29,34)(H,31,32). The number of fused-ring (bicyclic) bond motifs is 3. The summed E-state index contributed by atoms with van der Waals surface area (Å²) in [6.45, 7) is -0.123. The number of aliphatic hydroxyl groups excluding tert-OH is 1. The van der Waals surface area contributed by atoms with Gasteiger partial charge < -0.3 is 20.3 Å². The number of ether oxygens (including phenoxy) is 1. The van der Waals surface area contributed by atoms with Crippen LogP contribution in [0.25, 0.3) is 11.1 Å². The van der Waals surface area contributed by atoms with E-state index in [0.717, 1.165) is 22.3 Å². The van der Waals surface area contributed by atoms with E-state index in [-0.39, 0.29) is 30.3 Å². The van der Waals surface area contributed by atoms with Crippen molar-refractivity contribution in [3.63, 3.8) is 0 Å². The van der Waals surface area contributed by atoms with Crippen LogP contribution in [0.1, 0.15) is 33.8 Å².